The third-order valence-corrected chi connectivity index (χ3v) is 3.87. The van der Waals surface area contributed by atoms with E-state index in [1.54, 1.807) is 13.8 Å². The number of rotatable bonds is 5. The molecular formula is C16H17F2N3O2S. The largest absolute Gasteiger partial charge is 0.349 e. The molecule has 0 bridgehead atoms. The van der Waals surface area contributed by atoms with Crippen LogP contribution in [0, 0.1) is 23.3 Å². The van der Waals surface area contributed by atoms with Gasteiger partial charge in [-0.2, -0.15) is 0 Å². The second-order valence-electron chi connectivity index (χ2n) is 5.47. The number of carbonyl (C=O) groups excluding carboxylic acids is 1. The second-order valence-corrected chi connectivity index (χ2v) is 5.88. The Morgan fingerprint density at radius 1 is 1.33 bits per heavy atom. The molecule has 0 fully saturated rings. The van der Waals surface area contributed by atoms with E-state index in [4.69, 9.17) is 12.2 Å². The molecule has 1 atom stereocenters. The monoisotopic (exact) mass is 353 g/mol. The topological polar surface area (TPSA) is 77.8 Å². The van der Waals surface area contributed by atoms with Crippen molar-refractivity contribution in [2.45, 2.75) is 32.7 Å². The number of aryl methyl sites for hydroxylation is 1. The maximum absolute atomic E-state index is 13.7. The van der Waals surface area contributed by atoms with E-state index in [1.165, 1.54) is 6.07 Å². The third kappa shape index (κ3) is 4.35. The minimum atomic E-state index is -0.717. The van der Waals surface area contributed by atoms with Gasteiger partial charge in [0.2, 0.25) is 5.91 Å². The lowest BCUT2D eigenvalue weighted by Gasteiger charge is -2.15. The molecule has 0 radical (unpaired) electrons. The van der Waals surface area contributed by atoms with Gasteiger partial charge in [0.1, 0.15) is 11.6 Å². The molecule has 0 aliphatic heterocycles. The molecule has 1 amide bonds. The molecule has 0 saturated heterocycles. The van der Waals surface area contributed by atoms with Gasteiger partial charge in [-0.1, -0.05) is 6.07 Å². The summed E-state index contributed by atoms with van der Waals surface area (Å²) in [5.74, 6) is -1.73. The van der Waals surface area contributed by atoms with E-state index in [0.717, 1.165) is 12.1 Å². The van der Waals surface area contributed by atoms with Crippen LogP contribution in [-0.2, 0) is 11.2 Å². The van der Waals surface area contributed by atoms with Crippen LogP contribution in [0.5, 0.6) is 0 Å². The van der Waals surface area contributed by atoms with Crippen LogP contribution >= 0.6 is 12.2 Å². The van der Waals surface area contributed by atoms with E-state index in [1.807, 2.05) is 0 Å². The maximum atomic E-state index is 13.7. The molecular weight excluding hydrogens is 336 g/mol. The van der Waals surface area contributed by atoms with Gasteiger partial charge < -0.3 is 10.3 Å². The molecule has 1 heterocycles. The Morgan fingerprint density at radius 3 is 2.67 bits per heavy atom. The second kappa shape index (κ2) is 7.48. The van der Waals surface area contributed by atoms with Crippen LogP contribution in [0.3, 0.4) is 0 Å². The van der Waals surface area contributed by atoms with Crippen LogP contribution in [-0.4, -0.2) is 15.9 Å². The van der Waals surface area contributed by atoms with Crippen molar-refractivity contribution in [3.63, 3.8) is 0 Å². The Bertz CT molecular complexity index is 876. The highest BCUT2D eigenvalue weighted by Gasteiger charge is 2.15. The fourth-order valence-electron chi connectivity index (χ4n) is 2.41. The highest BCUT2D eigenvalue weighted by Crippen LogP contribution is 2.17. The van der Waals surface area contributed by atoms with E-state index in [-0.39, 0.29) is 34.6 Å². The average molecular weight is 353 g/mol. The van der Waals surface area contributed by atoms with Crippen molar-refractivity contribution < 1.29 is 13.6 Å². The van der Waals surface area contributed by atoms with Gasteiger partial charge in [-0.05, 0) is 38.6 Å². The van der Waals surface area contributed by atoms with Gasteiger partial charge in [0.25, 0.3) is 5.56 Å². The number of amides is 1. The molecule has 5 nitrogen and oxygen atoms in total. The van der Waals surface area contributed by atoms with Gasteiger partial charge in [0.15, 0.2) is 4.77 Å². The Kier molecular flexibility index (Phi) is 5.61. The standard InChI is InChI=1S/C16H17F2N3O2S/c1-8(11-4-3-10(17)7-13(11)18)19-14(22)6-5-12-9(2)20-16(24)21-15(12)23/h3-4,7-8H,5-6H2,1-2H3,(H,19,22)(H2,20,21,23,24). The number of aromatic nitrogens is 2. The molecule has 24 heavy (non-hydrogen) atoms. The number of nitrogens with one attached hydrogen (secondary N) is 3. The van der Waals surface area contributed by atoms with Crippen molar-refractivity contribution >= 4 is 18.1 Å². The summed E-state index contributed by atoms with van der Waals surface area (Å²) < 4.78 is 26.8. The summed E-state index contributed by atoms with van der Waals surface area (Å²) in [7, 11) is 0. The van der Waals surface area contributed by atoms with Crippen LogP contribution in [0.4, 0.5) is 8.78 Å². The molecule has 1 aromatic heterocycles. The van der Waals surface area contributed by atoms with Crippen LogP contribution in [0.25, 0.3) is 0 Å². The summed E-state index contributed by atoms with van der Waals surface area (Å²) in [6, 6.07) is 2.59. The number of hydrogen-bond donors (Lipinski definition) is 3. The van der Waals surface area contributed by atoms with E-state index in [2.05, 4.69) is 15.3 Å². The number of hydrogen-bond acceptors (Lipinski definition) is 3. The fraction of sp³-hybridized carbons (Fsp3) is 0.312. The zero-order valence-corrected chi connectivity index (χ0v) is 14.0. The fourth-order valence-corrected chi connectivity index (χ4v) is 2.66. The van der Waals surface area contributed by atoms with Gasteiger partial charge in [-0.15, -0.1) is 0 Å². The minimum absolute atomic E-state index is 0.0572. The molecule has 0 aliphatic carbocycles. The molecule has 0 spiro atoms. The highest BCUT2D eigenvalue weighted by atomic mass is 32.1. The van der Waals surface area contributed by atoms with Gasteiger partial charge in [0, 0.05) is 29.3 Å². The number of carbonyl (C=O) groups is 1. The first-order valence-corrected chi connectivity index (χ1v) is 7.75. The number of benzene rings is 1. The molecule has 8 heteroatoms. The maximum Gasteiger partial charge on any atom is 0.255 e. The summed E-state index contributed by atoms with van der Waals surface area (Å²) in [6.07, 6.45) is 0.277. The first-order valence-electron chi connectivity index (χ1n) is 7.34. The molecule has 0 saturated carbocycles. The lowest BCUT2D eigenvalue weighted by atomic mass is 10.1. The molecule has 2 aromatic rings. The molecule has 2 rings (SSSR count). The number of aromatic amines is 2. The lowest BCUT2D eigenvalue weighted by molar-refractivity contribution is -0.121. The van der Waals surface area contributed by atoms with Crippen LogP contribution in [0.1, 0.15) is 36.2 Å². The predicted molar refractivity (Wildman–Crippen MR) is 88.2 cm³/mol. The summed E-state index contributed by atoms with van der Waals surface area (Å²) in [4.78, 5) is 29.1. The van der Waals surface area contributed by atoms with Crippen molar-refractivity contribution in [3.05, 3.63) is 61.8 Å². The van der Waals surface area contributed by atoms with Crippen molar-refractivity contribution in [2.75, 3.05) is 0 Å². The van der Waals surface area contributed by atoms with Crippen molar-refractivity contribution in [2.24, 2.45) is 0 Å². The Labute approximate surface area is 142 Å². The SMILES string of the molecule is Cc1[nH]c(=S)[nH]c(=O)c1CCC(=O)NC(C)c1ccc(F)cc1F. The Hall–Kier alpha value is -2.35. The Balaban J connectivity index is 2.01. The van der Waals surface area contributed by atoms with Crippen LogP contribution in [0.2, 0.25) is 0 Å². The van der Waals surface area contributed by atoms with E-state index >= 15 is 0 Å². The third-order valence-electron chi connectivity index (χ3n) is 3.66. The molecule has 1 unspecified atom stereocenters. The number of H-pyrrole nitrogens is 2. The molecule has 128 valence electrons. The van der Waals surface area contributed by atoms with E-state index < -0.39 is 17.7 Å². The quantitative estimate of drug-likeness (QED) is 0.724. The summed E-state index contributed by atoms with van der Waals surface area (Å²) in [5, 5.41) is 2.63. The molecule has 0 aliphatic rings. The van der Waals surface area contributed by atoms with Crippen molar-refractivity contribution in [1.82, 2.24) is 15.3 Å². The highest BCUT2D eigenvalue weighted by molar-refractivity contribution is 7.71. The lowest BCUT2D eigenvalue weighted by Crippen LogP contribution is -2.28. The zero-order valence-electron chi connectivity index (χ0n) is 13.2. The number of halogens is 2. The molecule has 1 aromatic carbocycles. The minimum Gasteiger partial charge on any atom is -0.349 e. The molecule has 3 N–H and O–H groups in total. The summed E-state index contributed by atoms with van der Waals surface area (Å²) in [5.41, 5.74) is 0.915. The van der Waals surface area contributed by atoms with E-state index in [0.29, 0.717) is 11.3 Å². The van der Waals surface area contributed by atoms with Gasteiger partial charge in [-0.3, -0.25) is 14.6 Å². The predicted octanol–water partition coefficient (Wildman–Crippen LogP) is 2.83. The van der Waals surface area contributed by atoms with Crippen molar-refractivity contribution in [1.29, 1.82) is 0 Å². The van der Waals surface area contributed by atoms with Gasteiger partial charge in [-0.25, -0.2) is 8.78 Å². The van der Waals surface area contributed by atoms with Crippen LogP contribution in [0.15, 0.2) is 23.0 Å². The average Bonchev–Trinajstić information content (AvgIpc) is 2.45. The van der Waals surface area contributed by atoms with Gasteiger partial charge in [0.05, 0.1) is 6.04 Å². The normalized spacial score (nSPS) is 12.0. The van der Waals surface area contributed by atoms with Gasteiger partial charge >= 0.3 is 0 Å². The first kappa shape index (κ1) is 18.0. The smallest absolute Gasteiger partial charge is 0.255 e. The summed E-state index contributed by atoms with van der Waals surface area (Å²) >= 11 is 4.86. The van der Waals surface area contributed by atoms with E-state index in [9.17, 15) is 18.4 Å². The van der Waals surface area contributed by atoms with Crippen molar-refractivity contribution in [3.8, 4) is 0 Å². The first-order chi connectivity index (χ1) is 11.3. The summed E-state index contributed by atoms with van der Waals surface area (Å²) in [6.45, 7) is 3.31. The zero-order chi connectivity index (χ0) is 17.9. The Morgan fingerprint density at radius 2 is 2.04 bits per heavy atom. The van der Waals surface area contributed by atoms with Crippen LogP contribution < -0.4 is 10.9 Å².